The van der Waals surface area contributed by atoms with Crippen LogP contribution in [0.15, 0.2) is 0 Å². The molecule has 0 aliphatic carbocycles. The maximum atomic E-state index is 11.8. The zero-order chi connectivity index (χ0) is 13.4. The maximum absolute atomic E-state index is 11.8. The number of hydrogen-bond donors (Lipinski definition) is 2. The summed E-state index contributed by atoms with van der Waals surface area (Å²) in [6.45, 7) is 5.50. The zero-order valence-electron chi connectivity index (χ0n) is 11.4. The van der Waals surface area contributed by atoms with Gasteiger partial charge in [0.05, 0.1) is 5.75 Å². The summed E-state index contributed by atoms with van der Waals surface area (Å²) in [5.74, 6) is 0.189. The monoisotopic (exact) mass is 277 g/mol. The molecule has 0 spiro atoms. The van der Waals surface area contributed by atoms with E-state index < -0.39 is 10.0 Å². The molecular formula is C12H27N3O2S. The number of hydrogen-bond acceptors (Lipinski definition) is 4. The van der Waals surface area contributed by atoms with Crippen LogP contribution in [0, 0.1) is 0 Å². The molecule has 108 valence electrons. The fourth-order valence-corrected chi connectivity index (χ4v) is 3.76. The Balaban J connectivity index is 2.26. The van der Waals surface area contributed by atoms with Gasteiger partial charge in [0.25, 0.3) is 0 Å². The van der Waals surface area contributed by atoms with Crippen LogP contribution >= 0.6 is 0 Å². The molecule has 1 rings (SSSR count). The lowest BCUT2D eigenvalue weighted by atomic mass is 10.1. The third kappa shape index (κ3) is 6.68. The highest BCUT2D eigenvalue weighted by molar-refractivity contribution is 7.89. The van der Waals surface area contributed by atoms with E-state index in [-0.39, 0.29) is 11.8 Å². The van der Waals surface area contributed by atoms with Crippen LogP contribution in [-0.2, 0) is 10.0 Å². The summed E-state index contributed by atoms with van der Waals surface area (Å²) in [4.78, 5) is 2.34. The third-order valence-electron chi connectivity index (χ3n) is 3.23. The summed E-state index contributed by atoms with van der Waals surface area (Å²) in [5.41, 5.74) is 5.36. The van der Waals surface area contributed by atoms with Gasteiger partial charge in [-0.1, -0.05) is 6.42 Å². The van der Waals surface area contributed by atoms with Gasteiger partial charge in [0.2, 0.25) is 10.0 Å². The topological polar surface area (TPSA) is 75.4 Å². The highest BCUT2D eigenvalue weighted by Gasteiger charge is 2.17. The average Bonchev–Trinajstić information content (AvgIpc) is 2.29. The Morgan fingerprint density at radius 1 is 1.22 bits per heavy atom. The highest BCUT2D eigenvalue weighted by atomic mass is 32.2. The van der Waals surface area contributed by atoms with Gasteiger partial charge >= 0.3 is 0 Å². The second-order valence-electron chi connectivity index (χ2n) is 5.19. The first kappa shape index (κ1) is 15.9. The van der Waals surface area contributed by atoms with Gasteiger partial charge in [-0.25, -0.2) is 13.1 Å². The summed E-state index contributed by atoms with van der Waals surface area (Å²) in [5, 5.41) is 0. The largest absolute Gasteiger partial charge is 0.330 e. The zero-order valence-corrected chi connectivity index (χ0v) is 12.2. The van der Waals surface area contributed by atoms with Crippen LogP contribution in [0.1, 0.15) is 39.0 Å². The molecule has 0 radical (unpaired) electrons. The minimum absolute atomic E-state index is 0.00836. The van der Waals surface area contributed by atoms with E-state index in [4.69, 9.17) is 5.73 Å². The van der Waals surface area contributed by atoms with E-state index in [1.54, 1.807) is 0 Å². The van der Waals surface area contributed by atoms with Crippen molar-refractivity contribution in [1.29, 1.82) is 0 Å². The van der Waals surface area contributed by atoms with Crippen LogP contribution in [-0.4, -0.2) is 51.3 Å². The molecule has 0 saturated carbocycles. The molecule has 1 aliphatic heterocycles. The number of nitrogens with one attached hydrogen (secondary N) is 1. The molecule has 1 fully saturated rings. The predicted octanol–water partition coefficient (Wildman–Crippen LogP) is 0.519. The number of nitrogens with zero attached hydrogens (tertiary/aromatic N) is 1. The Kier molecular flexibility index (Phi) is 7.14. The average molecular weight is 277 g/mol. The van der Waals surface area contributed by atoms with Gasteiger partial charge in [-0.05, 0) is 52.2 Å². The Labute approximate surface area is 111 Å². The fourth-order valence-electron chi connectivity index (χ4n) is 2.37. The first-order valence-corrected chi connectivity index (χ1v) is 8.61. The van der Waals surface area contributed by atoms with Crippen molar-refractivity contribution >= 4 is 10.0 Å². The number of nitrogens with two attached hydrogens (primary N) is 1. The molecule has 5 nitrogen and oxygen atoms in total. The lowest BCUT2D eigenvalue weighted by molar-refractivity contribution is 0.215. The summed E-state index contributed by atoms with van der Waals surface area (Å²) in [6.07, 6.45) is 5.17. The van der Waals surface area contributed by atoms with Crippen molar-refractivity contribution in [1.82, 2.24) is 9.62 Å². The Bertz CT molecular complexity index is 313. The summed E-state index contributed by atoms with van der Waals surface area (Å²) in [7, 11) is -3.14. The molecule has 1 unspecified atom stereocenters. The minimum Gasteiger partial charge on any atom is -0.330 e. The fraction of sp³-hybridized carbons (Fsp3) is 1.00. The molecule has 0 bridgehead atoms. The Morgan fingerprint density at radius 2 is 1.89 bits per heavy atom. The van der Waals surface area contributed by atoms with Gasteiger partial charge in [0, 0.05) is 12.6 Å². The van der Waals surface area contributed by atoms with Crippen LogP contribution in [0.4, 0.5) is 0 Å². The van der Waals surface area contributed by atoms with Crippen LogP contribution in [0.3, 0.4) is 0 Å². The lowest BCUT2D eigenvalue weighted by Crippen LogP contribution is -2.44. The van der Waals surface area contributed by atoms with E-state index in [1.165, 1.54) is 19.3 Å². The maximum Gasteiger partial charge on any atom is 0.211 e. The standard InChI is InChI=1S/C12H27N3O2S/c1-12(11-15-8-4-2-5-9-15)14-18(16,17)10-6-3-7-13/h12,14H,2-11,13H2,1H3. The molecule has 1 saturated heterocycles. The molecule has 18 heavy (non-hydrogen) atoms. The minimum atomic E-state index is -3.14. The van der Waals surface area contributed by atoms with Crippen LogP contribution in [0.25, 0.3) is 0 Å². The summed E-state index contributed by atoms with van der Waals surface area (Å²) < 4.78 is 26.3. The van der Waals surface area contributed by atoms with E-state index in [9.17, 15) is 8.42 Å². The van der Waals surface area contributed by atoms with Crippen molar-refractivity contribution in [3.8, 4) is 0 Å². The van der Waals surface area contributed by atoms with Crippen molar-refractivity contribution in [2.45, 2.75) is 45.1 Å². The van der Waals surface area contributed by atoms with E-state index in [0.29, 0.717) is 13.0 Å². The van der Waals surface area contributed by atoms with Crippen molar-refractivity contribution in [2.75, 3.05) is 31.9 Å². The van der Waals surface area contributed by atoms with E-state index in [2.05, 4.69) is 9.62 Å². The number of piperidine rings is 1. The molecule has 1 heterocycles. The molecule has 6 heteroatoms. The van der Waals surface area contributed by atoms with Crippen LogP contribution < -0.4 is 10.5 Å². The van der Waals surface area contributed by atoms with Crippen molar-refractivity contribution in [3.05, 3.63) is 0 Å². The Hall–Kier alpha value is -0.170. The first-order chi connectivity index (χ1) is 8.53. The summed E-state index contributed by atoms with van der Waals surface area (Å²) >= 11 is 0. The second-order valence-corrected chi connectivity index (χ2v) is 7.07. The van der Waals surface area contributed by atoms with Gasteiger partial charge in [-0.15, -0.1) is 0 Å². The van der Waals surface area contributed by atoms with Gasteiger partial charge in [0.1, 0.15) is 0 Å². The molecule has 0 aromatic heterocycles. The lowest BCUT2D eigenvalue weighted by Gasteiger charge is -2.29. The van der Waals surface area contributed by atoms with Gasteiger partial charge < -0.3 is 10.6 Å². The summed E-state index contributed by atoms with van der Waals surface area (Å²) in [6, 6.07) is -0.00836. The molecular weight excluding hydrogens is 250 g/mol. The van der Waals surface area contributed by atoms with Gasteiger partial charge in [-0.3, -0.25) is 0 Å². The van der Waals surface area contributed by atoms with Gasteiger partial charge in [0.15, 0.2) is 0 Å². The number of unbranched alkanes of at least 4 members (excludes halogenated alkanes) is 1. The number of likely N-dealkylation sites (tertiary alicyclic amines) is 1. The first-order valence-electron chi connectivity index (χ1n) is 6.96. The smallest absolute Gasteiger partial charge is 0.211 e. The normalized spacial score (nSPS) is 19.9. The van der Waals surface area contributed by atoms with Crippen molar-refractivity contribution < 1.29 is 8.42 Å². The number of sulfonamides is 1. The molecule has 1 atom stereocenters. The van der Waals surface area contributed by atoms with Crippen molar-refractivity contribution in [3.63, 3.8) is 0 Å². The van der Waals surface area contributed by atoms with Crippen LogP contribution in [0.5, 0.6) is 0 Å². The molecule has 0 aromatic carbocycles. The van der Waals surface area contributed by atoms with Gasteiger partial charge in [-0.2, -0.15) is 0 Å². The molecule has 3 N–H and O–H groups in total. The van der Waals surface area contributed by atoms with E-state index in [1.807, 2.05) is 6.92 Å². The molecule has 1 aliphatic rings. The quantitative estimate of drug-likeness (QED) is 0.634. The molecule has 0 amide bonds. The Morgan fingerprint density at radius 3 is 2.50 bits per heavy atom. The molecule has 0 aromatic rings. The van der Waals surface area contributed by atoms with Crippen LogP contribution in [0.2, 0.25) is 0 Å². The third-order valence-corrected chi connectivity index (χ3v) is 4.82. The van der Waals surface area contributed by atoms with E-state index in [0.717, 1.165) is 26.1 Å². The van der Waals surface area contributed by atoms with Crippen molar-refractivity contribution in [2.24, 2.45) is 5.73 Å². The predicted molar refractivity (Wildman–Crippen MR) is 75.0 cm³/mol. The van der Waals surface area contributed by atoms with E-state index >= 15 is 0 Å². The SMILES string of the molecule is CC(CN1CCCCC1)NS(=O)(=O)CCCCN. The second kappa shape index (κ2) is 8.09. The highest BCUT2D eigenvalue weighted by Crippen LogP contribution is 2.09. The number of rotatable bonds is 8.